The van der Waals surface area contributed by atoms with Gasteiger partial charge in [0.2, 0.25) is 0 Å². The monoisotopic (exact) mass is 253 g/mol. The number of esters is 1. The van der Waals surface area contributed by atoms with E-state index in [4.69, 9.17) is 11.6 Å². The molecular formula is C12H9ClFNO2. The van der Waals surface area contributed by atoms with Crippen molar-refractivity contribution in [1.82, 2.24) is 4.98 Å². The van der Waals surface area contributed by atoms with Crippen molar-refractivity contribution in [1.29, 1.82) is 0 Å². The van der Waals surface area contributed by atoms with Crippen LogP contribution in [0.5, 0.6) is 0 Å². The highest BCUT2D eigenvalue weighted by Crippen LogP contribution is 2.22. The van der Waals surface area contributed by atoms with Gasteiger partial charge in [0, 0.05) is 5.39 Å². The maximum atomic E-state index is 13.2. The predicted molar refractivity (Wildman–Crippen MR) is 62.4 cm³/mol. The first-order valence-electron chi connectivity index (χ1n) is 4.91. The van der Waals surface area contributed by atoms with E-state index in [2.05, 4.69) is 9.72 Å². The van der Waals surface area contributed by atoms with Crippen LogP contribution in [-0.4, -0.2) is 18.1 Å². The molecule has 0 bridgehead atoms. The summed E-state index contributed by atoms with van der Waals surface area (Å²) < 4.78 is 17.7. The normalized spacial score (nSPS) is 10.5. The van der Waals surface area contributed by atoms with E-state index in [9.17, 15) is 9.18 Å². The van der Waals surface area contributed by atoms with Crippen LogP contribution in [-0.2, 0) is 16.0 Å². The summed E-state index contributed by atoms with van der Waals surface area (Å²) in [5, 5.41) is 0.836. The van der Waals surface area contributed by atoms with Crippen molar-refractivity contribution in [3.63, 3.8) is 0 Å². The molecule has 0 spiro atoms. The molecule has 0 atom stereocenters. The Hall–Kier alpha value is -1.68. The molecule has 0 unspecified atom stereocenters. The lowest BCUT2D eigenvalue weighted by molar-refractivity contribution is -0.139. The van der Waals surface area contributed by atoms with E-state index in [1.54, 1.807) is 6.07 Å². The Labute approximate surface area is 102 Å². The molecule has 2 aromatic rings. The van der Waals surface area contributed by atoms with E-state index >= 15 is 0 Å². The third-order valence-corrected chi connectivity index (χ3v) is 2.58. The van der Waals surface area contributed by atoms with Crippen molar-refractivity contribution < 1.29 is 13.9 Å². The zero-order chi connectivity index (χ0) is 12.4. The highest BCUT2D eigenvalue weighted by atomic mass is 35.5. The number of carbonyl (C=O) groups is 1. The van der Waals surface area contributed by atoms with Gasteiger partial charge in [0.1, 0.15) is 11.0 Å². The minimum atomic E-state index is -0.405. The number of methoxy groups -OCH3 is 1. The molecule has 88 valence electrons. The molecule has 0 saturated heterocycles. The summed E-state index contributed by atoms with van der Waals surface area (Å²) in [6, 6.07) is 5.70. The number of carbonyl (C=O) groups excluding carboxylic acids is 1. The Kier molecular flexibility index (Phi) is 3.24. The number of pyridine rings is 1. The summed E-state index contributed by atoms with van der Waals surface area (Å²) in [7, 11) is 1.30. The average molecular weight is 254 g/mol. The second-order valence-corrected chi connectivity index (χ2v) is 3.91. The lowest BCUT2D eigenvalue weighted by Gasteiger charge is -2.06. The molecule has 0 aliphatic heterocycles. The van der Waals surface area contributed by atoms with Gasteiger partial charge >= 0.3 is 5.97 Å². The molecule has 0 fully saturated rings. The molecular weight excluding hydrogens is 245 g/mol. The number of benzene rings is 1. The van der Waals surface area contributed by atoms with E-state index in [-0.39, 0.29) is 17.4 Å². The lowest BCUT2D eigenvalue weighted by atomic mass is 10.1. The van der Waals surface area contributed by atoms with Crippen LogP contribution in [0.15, 0.2) is 24.3 Å². The van der Waals surface area contributed by atoms with E-state index in [0.717, 1.165) is 0 Å². The molecule has 0 N–H and O–H groups in total. The van der Waals surface area contributed by atoms with E-state index in [1.165, 1.54) is 25.3 Å². The van der Waals surface area contributed by atoms with Crippen molar-refractivity contribution in [3.05, 3.63) is 40.8 Å². The number of fused-ring (bicyclic) bond motifs is 1. The number of hydrogen-bond acceptors (Lipinski definition) is 3. The van der Waals surface area contributed by atoms with Gasteiger partial charge in [-0.2, -0.15) is 0 Å². The maximum absolute atomic E-state index is 13.2. The number of rotatable bonds is 2. The standard InChI is InChI=1S/C12H9ClFNO2/c1-17-12(16)5-7-4-11(13)15-10-3-2-8(14)6-9(7)10/h2-4,6H,5H2,1H3. The summed E-state index contributed by atoms with van der Waals surface area (Å²) in [4.78, 5) is 15.3. The van der Waals surface area contributed by atoms with Gasteiger partial charge in [-0.15, -0.1) is 0 Å². The fourth-order valence-electron chi connectivity index (χ4n) is 1.61. The first-order valence-corrected chi connectivity index (χ1v) is 5.29. The topological polar surface area (TPSA) is 39.2 Å². The smallest absolute Gasteiger partial charge is 0.310 e. The summed E-state index contributed by atoms with van der Waals surface area (Å²) in [5.41, 5.74) is 1.16. The summed E-state index contributed by atoms with van der Waals surface area (Å²) in [5.74, 6) is -0.787. The van der Waals surface area contributed by atoms with Crippen LogP contribution < -0.4 is 0 Å². The Morgan fingerprint density at radius 2 is 2.24 bits per heavy atom. The second kappa shape index (κ2) is 4.67. The molecule has 0 amide bonds. The van der Waals surface area contributed by atoms with Crippen LogP contribution >= 0.6 is 11.6 Å². The minimum absolute atomic E-state index is 0.0404. The molecule has 0 aliphatic carbocycles. The SMILES string of the molecule is COC(=O)Cc1cc(Cl)nc2ccc(F)cc12. The van der Waals surface area contributed by atoms with Crippen LogP contribution in [0, 0.1) is 5.82 Å². The molecule has 3 nitrogen and oxygen atoms in total. The van der Waals surface area contributed by atoms with Crippen molar-refractivity contribution >= 4 is 28.5 Å². The zero-order valence-electron chi connectivity index (χ0n) is 9.04. The number of hydrogen-bond donors (Lipinski definition) is 0. The van der Waals surface area contributed by atoms with Crippen LogP contribution in [0.3, 0.4) is 0 Å². The van der Waals surface area contributed by atoms with E-state index in [1.807, 2.05) is 0 Å². The molecule has 0 aliphatic rings. The van der Waals surface area contributed by atoms with Gasteiger partial charge < -0.3 is 4.74 Å². The first kappa shape index (κ1) is 11.8. The minimum Gasteiger partial charge on any atom is -0.469 e. The van der Waals surface area contributed by atoms with Crippen molar-refractivity contribution in [3.8, 4) is 0 Å². The third kappa shape index (κ3) is 2.53. The number of ether oxygens (including phenoxy) is 1. The summed E-state index contributed by atoms with van der Waals surface area (Å²) >= 11 is 5.83. The summed E-state index contributed by atoms with van der Waals surface area (Å²) in [6.45, 7) is 0. The van der Waals surface area contributed by atoms with Crippen molar-refractivity contribution in [2.24, 2.45) is 0 Å². The highest BCUT2D eigenvalue weighted by molar-refractivity contribution is 6.30. The fraction of sp³-hybridized carbons (Fsp3) is 0.167. The Bertz CT molecular complexity index is 586. The van der Waals surface area contributed by atoms with Crippen LogP contribution in [0.4, 0.5) is 4.39 Å². The first-order chi connectivity index (χ1) is 8.10. The Morgan fingerprint density at radius 1 is 1.47 bits per heavy atom. The molecule has 1 aromatic heterocycles. The highest BCUT2D eigenvalue weighted by Gasteiger charge is 2.10. The maximum Gasteiger partial charge on any atom is 0.310 e. The van der Waals surface area contributed by atoms with E-state index < -0.39 is 5.97 Å². The number of nitrogens with zero attached hydrogens (tertiary/aromatic N) is 1. The quantitative estimate of drug-likeness (QED) is 0.610. The second-order valence-electron chi connectivity index (χ2n) is 3.52. The van der Waals surface area contributed by atoms with Gasteiger partial charge in [0.15, 0.2) is 0 Å². The molecule has 1 aromatic carbocycles. The molecule has 0 saturated carbocycles. The van der Waals surface area contributed by atoms with Crippen LogP contribution in [0.2, 0.25) is 5.15 Å². The molecule has 2 rings (SSSR count). The number of aromatic nitrogens is 1. The molecule has 1 heterocycles. The predicted octanol–water partition coefficient (Wildman–Crippen LogP) is 2.74. The van der Waals surface area contributed by atoms with Crippen molar-refractivity contribution in [2.45, 2.75) is 6.42 Å². The lowest BCUT2D eigenvalue weighted by Crippen LogP contribution is -2.05. The van der Waals surface area contributed by atoms with Crippen LogP contribution in [0.1, 0.15) is 5.56 Å². The van der Waals surface area contributed by atoms with Crippen LogP contribution in [0.25, 0.3) is 10.9 Å². The van der Waals surface area contributed by atoms with Gasteiger partial charge in [-0.1, -0.05) is 11.6 Å². The van der Waals surface area contributed by atoms with E-state index in [0.29, 0.717) is 16.5 Å². The van der Waals surface area contributed by atoms with Gasteiger partial charge in [0.25, 0.3) is 0 Å². The largest absolute Gasteiger partial charge is 0.469 e. The average Bonchev–Trinajstić information content (AvgIpc) is 2.29. The fourth-order valence-corrected chi connectivity index (χ4v) is 1.83. The van der Waals surface area contributed by atoms with Gasteiger partial charge in [0.05, 0.1) is 19.0 Å². The summed E-state index contributed by atoms with van der Waals surface area (Å²) in [6.07, 6.45) is 0.0404. The zero-order valence-corrected chi connectivity index (χ0v) is 9.79. The molecule has 17 heavy (non-hydrogen) atoms. The Morgan fingerprint density at radius 3 is 2.94 bits per heavy atom. The van der Waals surface area contributed by atoms with Gasteiger partial charge in [-0.25, -0.2) is 9.37 Å². The van der Waals surface area contributed by atoms with Crippen molar-refractivity contribution in [2.75, 3.05) is 7.11 Å². The van der Waals surface area contributed by atoms with Gasteiger partial charge in [-0.3, -0.25) is 4.79 Å². The Balaban J connectivity index is 2.59. The third-order valence-electron chi connectivity index (χ3n) is 2.39. The molecule has 5 heteroatoms. The van der Waals surface area contributed by atoms with Gasteiger partial charge in [-0.05, 0) is 29.8 Å². The number of halogens is 2. The molecule has 0 radical (unpaired) electrons.